The molecule has 3 rings (SSSR count). The number of hydrogen-bond acceptors (Lipinski definition) is 5. The van der Waals surface area contributed by atoms with Crippen LogP contribution in [0.3, 0.4) is 0 Å². The van der Waals surface area contributed by atoms with Crippen LogP contribution in [0.15, 0.2) is 41.8 Å². The summed E-state index contributed by atoms with van der Waals surface area (Å²) in [7, 11) is 1.53. The van der Waals surface area contributed by atoms with Gasteiger partial charge in [-0.2, -0.15) is 0 Å². The van der Waals surface area contributed by atoms with Gasteiger partial charge in [0, 0.05) is 10.9 Å². The van der Waals surface area contributed by atoms with Crippen molar-refractivity contribution < 1.29 is 19.4 Å². The minimum atomic E-state index is -1.07. The lowest BCUT2D eigenvalue weighted by Crippen LogP contribution is -1.99. The Balaban J connectivity index is 1.86. The Hall–Kier alpha value is -2.57. The van der Waals surface area contributed by atoms with Crippen molar-refractivity contribution in [3.63, 3.8) is 0 Å². The van der Waals surface area contributed by atoms with Crippen molar-refractivity contribution in [1.82, 2.24) is 4.98 Å². The molecule has 0 spiro atoms. The number of aromatic carboxylic acids is 1. The number of aryl methyl sites for hydroxylation is 1. The summed E-state index contributed by atoms with van der Waals surface area (Å²) in [6.07, 6.45) is 0. The second-order valence-corrected chi connectivity index (χ2v) is 6.87. The first-order chi connectivity index (χ1) is 12.5. The van der Waals surface area contributed by atoms with Crippen LogP contribution in [0.25, 0.3) is 10.6 Å². The van der Waals surface area contributed by atoms with Gasteiger partial charge in [-0.3, -0.25) is 0 Å². The van der Waals surface area contributed by atoms with Gasteiger partial charge >= 0.3 is 5.97 Å². The zero-order valence-corrected chi connectivity index (χ0v) is 15.7. The quantitative estimate of drug-likeness (QED) is 0.638. The second kappa shape index (κ2) is 7.76. The minimum Gasteiger partial charge on any atom is -0.493 e. The predicted octanol–water partition coefficient (Wildman–Crippen LogP) is 5.06. The molecule has 0 saturated carbocycles. The van der Waals surface area contributed by atoms with E-state index in [4.69, 9.17) is 26.2 Å². The van der Waals surface area contributed by atoms with Crippen molar-refractivity contribution in [2.45, 2.75) is 13.5 Å². The number of nitrogens with zero attached hydrogens (tertiary/aromatic N) is 1. The average molecular weight is 390 g/mol. The number of carbonyl (C=O) groups is 1. The maximum Gasteiger partial charge on any atom is 0.355 e. The second-order valence-electron chi connectivity index (χ2n) is 5.61. The van der Waals surface area contributed by atoms with E-state index in [1.807, 2.05) is 31.2 Å². The molecule has 134 valence electrons. The van der Waals surface area contributed by atoms with E-state index >= 15 is 0 Å². The Morgan fingerprint density at radius 1 is 1.27 bits per heavy atom. The lowest BCUT2D eigenvalue weighted by molar-refractivity contribution is 0.0691. The molecule has 0 fully saturated rings. The topological polar surface area (TPSA) is 68.7 Å². The predicted molar refractivity (Wildman–Crippen MR) is 102 cm³/mol. The van der Waals surface area contributed by atoms with Crippen LogP contribution in [-0.2, 0) is 6.61 Å². The number of methoxy groups -OCH3 is 1. The highest BCUT2D eigenvalue weighted by Crippen LogP contribution is 2.40. The maximum atomic E-state index is 11.0. The fraction of sp³-hybridized carbons (Fsp3) is 0.158. The molecule has 1 N–H and O–H groups in total. The molecule has 1 aromatic heterocycles. The average Bonchev–Trinajstić information content (AvgIpc) is 3.12. The van der Waals surface area contributed by atoms with E-state index in [-0.39, 0.29) is 5.69 Å². The van der Waals surface area contributed by atoms with Crippen LogP contribution >= 0.6 is 22.9 Å². The van der Waals surface area contributed by atoms with Crippen molar-refractivity contribution in [3.8, 4) is 22.1 Å². The fourth-order valence-corrected chi connectivity index (χ4v) is 3.37. The number of benzene rings is 2. The van der Waals surface area contributed by atoms with Gasteiger partial charge in [-0.25, -0.2) is 9.78 Å². The van der Waals surface area contributed by atoms with Gasteiger partial charge in [0.05, 0.1) is 12.1 Å². The Morgan fingerprint density at radius 2 is 2.00 bits per heavy atom. The number of carboxylic acid groups (broad SMARTS) is 1. The molecule has 5 nitrogen and oxygen atoms in total. The summed E-state index contributed by atoms with van der Waals surface area (Å²) in [4.78, 5) is 15.1. The van der Waals surface area contributed by atoms with Gasteiger partial charge in [0.1, 0.15) is 11.6 Å². The highest BCUT2D eigenvalue weighted by atomic mass is 35.5. The highest BCUT2D eigenvalue weighted by Gasteiger charge is 2.16. The van der Waals surface area contributed by atoms with Crippen molar-refractivity contribution >= 4 is 28.9 Å². The number of halogens is 1. The third-order valence-electron chi connectivity index (χ3n) is 3.70. The normalized spacial score (nSPS) is 10.6. The minimum absolute atomic E-state index is 0.000197. The van der Waals surface area contributed by atoms with Crippen molar-refractivity contribution in [1.29, 1.82) is 0 Å². The molecule has 0 unspecified atom stereocenters. The number of ether oxygens (including phenoxy) is 2. The van der Waals surface area contributed by atoms with Crippen LogP contribution in [0.5, 0.6) is 11.5 Å². The van der Waals surface area contributed by atoms with Gasteiger partial charge in [-0.15, -0.1) is 11.3 Å². The standard InChI is InChI=1S/C19H16ClNO4S/c1-11-3-5-12(6-4-11)9-25-17-14(20)7-13(8-16(17)24-2)18-21-15(10-26-18)19(22)23/h3-8,10H,9H2,1-2H3,(H,22,23). The SMILES string of the molecule is COc1cc(-c2nc(C(=O)O)cs2)cc(Cl)c1OCc1ccc(C)cc1. The van der Waals surface area contributed by atoms with Crippen molar-refractivity contribution in [2.24, 2.45) is 0 Å². The summed E-state index contributed by atoms with van der Waals surface area (Å²) in [5.41, 5.74) is 2.87. The molecule has 1 heterocycles. The molecule has 0 saturated heterocycles. The first kappa shape index (κ1) is 18.2. The zero-order valence-electron chi connectivity index (χ0n) is 14.2. The smallest absolute Gasteiger partial charge is 0.355 e. The van der Waals surface area contributed by atoms with Crippen molar-refractivity contribution in [2.75, 3.05) is 7.11 Å². The van der Waals surface area contributed by atoms with Gasteiger partial charge in [0.15, 0.2) is 17.2 Å². The molecule has 0 atom stereocenters. The van der Waals surface area contributed by atoms with Crippen LogP contribution in [0.2, 0.25) is 5.02 Å². The number of carboxylic acids is 1. The molecule has 0 aliphatic rings. The fourth-order valence-electron chi connectivity index (χ4n) is 2.33. The van der Waals surface area contributed by atoms with Crippen LogP contribution in [-0.4, -0.2) is 23.2 Å². The van der Waals surface area contributed by atoms with Crippen LogP contribution in [0, 0.1) is 6.92 Å². The van der Waals surface area contributed by atoms with E-state index < -0.39 is 5.97 Å². The molecule has 26 heavy (non-hydrogen) atoms. The van der Waals surface area contributed by atoms with E-state index in [1.165, 1.54) is 29.4 Å². The van der Waals surface area contributed by atoms with E-state index in [0.29, 0.717) is 33.7 Å². The Kier molecular flexibility index (Phi) is 5.44. The summed E-state index contributed by atoms with van der Waals surface area (Å²) in [6, 6.07) is 11.5. The molecular formula is C19H16ClNO4S. The first-order valence-electron chi connectivity index (χ1n) is 7.73. The summed E-state index contributed by atoms with van der Waals surface area (Å²) < 4.78 is 11.3. The molecule has 0 amide bonds. The summed E-state index contributed by atoms with van der Waals surface area (Å²) in [5, 5.41) is 11.4. The largest absolute Gasteiger partial charge is 0.493 e. The molecular weight excluding hydrogens is 374 g/mol. The molecule has 7 heteroatoms. The highest BCUT2D eigenvalue weighted by molar-refractivity contribution is 7.13. The molecule has 2 aromatic carbocycles. The van der Waals surface area contributed by atoms with Crippen LogP contribution in [0.1, 0.15) is 21.6 Å². The third kappa shape index (κ3) is 3.98. The van der Waals surface area contributed by atoms with E-state index in [1.54, 1.807) is 12.1 Å². The molecule has 3 aromatic rings. The maximum absolute atomic E-state index is 11.0. The third-order valence-corrected chi connectivity index (χ3v) is 4.88. The lowest BCUT2D eigenvalue weighted by atomic mass is 10.1. The Labute approximate surface area is 159 Å². The molecule has 0 aliphatic carbocycles. The van der Waals surface area contributed by atoms with Crippen LogP contribution < -0.4 is 9.47 Å². The van der Waals surface area contributed by atoms with Gasteiger partial charge in [0.2, 0.25) is 0 Å². The summed E-state index contributed by atoms with van der Waals surface area (Å²) in [5.74, 6) is -0.163. The van der Waals surface area contributed by atoms with Gasteiger partial charge in [-0.1, -0.05) is 41.4 Å². The molecule has 0 bridgehead atoms. The van der Waals surface area contributed by atoms with E-state index in [2.05, 4.69) is 4.98 Å². The van der Waals surface area contributed by atoms with Gasteiger partial charge in [0.25, 0.3) is 0 Å². The van der Waals surface area contributed by atoms with E-state index in [0.717, 1.165) is 5.56 Å². The lowest BCUT2D eigenvalue weighted by Gasteiger charge is -2.14. The monoisotopic (exact) mass is 389 g/mol. The van der Waals surface area contributed by atoms with Crippen LogP contribution in [0.4, 0.5) is 0 Å². The van der Waals surface area contributed by atoms with Gasteiger partial charge < -0.3 is 14.6 Å². The number of thiazole rings is 1. The van der Waals surface area contributed by atoms with Gasteiger partial charge in [-0.05, 0) is 24.6 Å². The van der Waals surface area contributed by atoms with Crippen molar-refractivity contribution in [3.05, 3.63) is 63.6 Å². The zero-order chi connectivity index (χ0) is 18.7. The molecule has 0 aliphatic heterocycles. The molecule has 0 radical (unpaired) electrons. The Bertz CT molecular complexity index is 937. The Morgan fingerprint density at radius 3 is 2.62 bits per heavy atom. The first-order valence-corrected chi connectivity index (χ1v) is 8.98. The summed E-state index contributed by atoms with van der Waals surface area (Å²) in [6.45, 7) is 2.38. The summed E-state index contributed by atoms with van der Waals surface area (Å²) >= 11 is 7.61. The number of hydrogen-bond donors (Lipinski definition) is 1. The number of rotatable bonds is 6. The number of aromatic nitrogens is 1. The van der Waals surface area contributed by atoms with E-state index in [9.17, 15) is 4.79 Å².